The maximum atomic E-state index is 12.7. The van der Waals surface area contributed by atoms with Crippen LogP contribution in [0.25, 0.3) is 0 Å². The molecule has 2 aliphatic rings. The first kappa shape index (κ1) is 7.89. The van der Waals surface area contributed by atoms with Crippen LogP contribution in [0.4, 0.5) is 13.2 Å². The van der Waals surface area contributed by atoms with E-state index in [1.54, 1.807) is 0 Å². The van der Waals surface area contributed by atoms with Crippen LogP contribution in [0.3, 0.4) is 0 Å². The minimum atomic E-state index is -2.70. The first-order chi connectivity index (χ1) is 5.62. The summed E-state index contributed by atoms with van der Waals surface area (Å²) in [5.74, 6) is -3.20. The molecule has 0 bridgehead atoms. The molecular formula is C7H8F3NO. The fourth-order valence-electron chi connectivity index (χ4n) is 1.74. The van der Waals surface area contributed by atoms with Crippen LogP contribution in [-0.2, 0) is 4.84 Å². The van der Waals surface area contributed by atoms with Gasteiger partial charge in [-0.15, -0.1) is 0 Å². The smallest absolute Gasteiger partial charge is 0.252 e. The number of hydrogen-bond donors (Lipinski definition) is 0. The van der Waals surface area contributed by atoms with E-state index in [4.69, 9.17) is 0 Å². The van der Waals surface area contributed by atoms with Gasteiger partial charge in [0.25, 0.3) is 5.92 Å². The lowest BCUT2D eigenvalue weighted by molar-refractivity contribution is -0.0168. The fraction of sp³-hybridized carbons (Fsp3) is 0.857. The molecule has 0 aromatic carbocycles. The van der Waals surface area contributed by atoms with Crippen LogP contribution in [0.1, 0.15) is 12.8 Å². The lowest BCUT2D eigenvalue weighted by Crippen LogP contribution is -2.18. The third-order valence-electron chi connectivity index (χ3n) is 2.34. The van der Waals surface area contributed by atoms with E-state index in [-0.39, 0.29) is 18.6 Å². The highest BCUT2D eigenvalue weighted by Crippen LogP contribution is 2.43. The number of hydrogen-bond acceptors (Lipinski definition) is 2. The molecule has 0 aromatic rings. The summed E-state index contributed by atoms with van der Waals surface area (Å²) in [6, 6.07) is 0. The Kier molecular flexibility index (Phi) is 1.56. The second-order valence-corrected chi connectivity index (χ2v) is 3.23. The van der Waals surface area contributed by atoms with Crippen LogP contribution in [0.15, 0.2) is 5.16 Å². The summed E-state index contributed by atoms with van der Waals surface area (Å²) in [7, 11) is 0. The third-order valence-corrected chi connectivity index (χ3v) is 2.34. The molecule has 1 aliphatic carbocycles. The van der Waals surface area contributed by atoms with Gasteiger partial charge in [-0.25, -0.2) is 13.2 Å². The molecule has 2 rings (SSSR count). The lowest BCUT2D eigenvalue weighted by Gasteiger charge is -2.07. The van der Waals surface area contributed by atoms with Crippen LogP contribution < -0.4 is 0 Å². The van der Waals surface area contributed by atoms with Crippen LogP contribution in [0, 0.1) is 5.92 Å². The molecule has 1 aliphatic heterocycles. The summed E-state index contributed by atoms with van der Waals surface area (Å²) in [6.45, 7) is -0.781. The lowest BCUT2D eigenvalue weighted by atomic mass is 10.0. The highest BCUT2D eigenvalue weighted by Gasteiger charge is 2.52. The second kappa shape index (κ2) is 2.37. The van der Waals surface area contributed by atoms with Crippen molar-refractivity contribution in [3.63, 3.8) is 0 Å². The van der Waals surface area contributed by atoms with Gasteiger partial charge in [0.2, 0.25) is 0 Å². The Bertz CT molecular complexity index is 229. The fourth-order valence-corrected chi connectivity index (χ4v) is 1.74. The zero-order valence-electron chi connectivity index (χ0n) is 6.27. The van der Waals surface area contributed by atoms with Crippen molar-refractivity contribution in [1.82, 2.24) is 0 Å². The number of fused-ring (bicyclic) bond motifs is 1. The summed E-state index contributed by atoms with van der Waals surface area (Å²) in [5, 5.41) is 3.41. The molecule has 68 valence electrons. The predicted molar refractivity (Wildman–Crippen MR) is 36.0 cm³/mol. The molecule has 0 N–H and O–H groups in total. The molecule has 1 saturated carbocycles. The van der Waals surface area contributed by atoms with Crippen LogP contribution in [0.2, 0.25) is 0 Å². The molecule has 0 radical (unpaired) electrons. The quantitative estimate of drug-likeness (QED) is 0.601. The molecule has 1 fully saturated rings. The van der Waals surface area contributed by atoms with E-state index in [1.165, 1.54) is 0 Å². The zero-order chi connectivity index (χ0) is 8.77. The summed E-state index contributed by atoms with van der Waals surface area (Å²) in [4.78, 5) is 4.68. The van der Waals surface area contributed by atoms with Gasteiger partial charge in [0.15, 0.2) is 0 Å². The van der Waals surface area contributed by atoms with Gasteiger partial charge in [0, 0.05) is 12.3 Å². The van der Waals surface area contributed by atoms with E-state index in [9.17, 15) is 13.2 Å². The zero-order valence-corrected chi connectivity index (χ0v) is 6.27. The Balaban J connectivity index is 2.12. The van der Waals surface area contributed by atoms with Gasteiger partial charge >= 0.3 is 0 Å². The number of rotatable bonds is 1. The van der Waals surface area contributed by atoms with Crippen molar-refractivity contribution >= 4 is 5.71 Å². The van der Waals surface area contributed by atoms with Gasteiger partial charge < -0.3 is 4.84 Å². The molecule has 0 spiro atoms. The van der Waals surface area contributed by atoms with Gasteiger partial charge in [0.05, 0.1) is 12.1 Å². The molecule has 0 saturated heterocycles. The van der Waals surface area contributed by atoms with Crippen molar-refractivity contribution in [3.05, 3.63) is 0 Å². The molecule has 2 nitrogen and oxygen atoms in total. The van der Waals surface area contributed by atoms with Crippen LogP contribution >= 0.6 is 0 Å². The van der Waals surface area contributed by atoms with Crippen molar-refractivity contribution in [2.24, 2.45) is 11.1 Å². The van der Waals surface area contributed by atoms with E-state index in [1.807, 2.05) is 0 Å². The Labute approximate surface area is 67.4 Å². The van der Waals surface area contributed by atoms with Crippen molar-refractivity contribution < 1.29 is 18.0 Å². The van der Waals surface area contributed by atoms with Crippen LogP contribution in [-0.4, -0.2) is 24.4 Å². The average molecular weight is 179 g/mol. The maximum Gasteiger partial charge on any atom is 0.252 e. The topological polar surface area (TPSA) is 21.6 Å². The number of oxime groups is 1. The molecule has 1 heterocycles. The maximum absolute atomic E-state index is 12.7. The minimum absolute atomic E-state index is 0.136. The van der Waals surface area contributed by atoms with Crippen molar-refractivity contribution in [1.29, 1.82) is 0 Å². The van der Waals surface area contributed by atoms with Gasteiger partial charge in [-0.3, -0.25) is 0 Å². The normalized spacial score (nSPS) is 37.4. The molecule has 0 amide bonds. The Hall–Kier alpha value is -0.740. The van der Waals surface area contributed by atoms with E-state index in [0.717, 1.165) is 0 Å². The van der Waals surface area contributed by atoms with Crippen molar-refractivity contribution in [2.45, 2.75) is 24.9 Å². The standard InChI is InChI=1S/C7H8F3NO/c8-3-5-4-1-7(9,10)2-6(4)12-11-5/h4,6H,1-3H2. The molecule has 2 atom stereocenters. The highest BCUT2D eigenvalue weighted by molar-refractivity contribution is 5.89. The monoisotopic (exact) mass is 179 g/mol. The second-order valence-electron chi connectivity index (χ2n) is 3.23. The Morgan fingerprint density at radius 2 is 2.25 bits per heavy atom. The van der Waals surface area contributed by atoms with Gasteiger partial charge in [-0.05, 0) is 0 Å². The van der Waals surface area contributed by atoms with Gasteiger partial charge in [0.1, 0.15) is 12.8 Å². The summed E-state index contributed by atoms with van der Waals surface area (Å²) < 4.78 is 37.6. The SMILES string of the molecule is FCC1=NOC2CC(F)(F)CC12. The summed E-state index contributed by atoms with van der Waals surface area (Å²) in [6.07, 6.45) is -1.24. The van der Waals surface area contributed by atoms with Gasteiger partial charge in [-0.1, -0.05) is 5.16 Å². The number of halogens is 3. The van der Waals surface area contributed by atoms with E-state index in [0.29, 0.717) is 0 Å². The molecule has 0 aromatic heterocycles. The third kappa shape index (κ3) is 1.07. The minimum Gasteiger partial charge on any atom is -0.392 e. The molecule has 12 heavy (non-hydrogen) atoms. The first-order valence-corrected chi connectivity index (χ1v) is 3.79. The van der Waals surface area contributed by atoms with Gasteiger partial charge in [-0.2, -0.15) is 0 Å². The van der Waals surface area contributed by atoms with E-state index in [2.05, 4.69) is 9.99 Å². The Morgan fingerprint density at radius 3 is 2.92 bits per heavy atom. The summed E-state index contributed by atoms with van der Waals surface area (Å²) >= 11 is 0. The van der Waals surface area contributed by atoms with Crippen molar-refractivity contribution in [2.75, 3.05) is 6.67 Å². The highest BCUT2D eigenvalue weighted by atomic mass is 19.3. The summed E-state index contributed by atoms with van der Waals surface area (Å²) in [5.41, 5.74) is 0.136. The van der Waals surface area contributed by atoms with E-state index >= 15 is 0 Å². The van der Waals surface area contributed by atoms with E-state index < -0.39 is 24.6 Å². The average Bonchev–Trinajstić information content (AvgIpc) is 2.42. The van der Waals surface area contributed by atoms with Crippen molar-refractivity contribution in [3.8, 4) is 0 Å². The number of nitrogens with zero attached hydrogens (tertiary/aromatic N) is 1. The molecular weight excluding hydrogens is 171 g/mol. The predicted octanol–water partition coefficient (Wildman–Crippen LogP) is 1.76. The largest absolute Gasteiger partial charge is 0.392 e. The molecule has 5 heteroatoms. The molecule has 2 unspecified atom stereocenters. The number of alkyl halides is 3. The van der Waals surface area contributed by atoms with Crippen LogP contribution in [0.5, 0.6) is 0 Å². The first-order valence-electron chi connectivity index (χ1n) is 3.79. The Morgan fingerprint density at radius 1 is 1.50 bits per heavy atom.